The van der Waals surface area contributed by atoms with Gasteiger partial charge in [-0.2, -0.15) is 0 Å². The third-order valence-electron chi connectivity index (χ3n) is 4.46. The number of rotatable bonds is 6. The predicted molar refractivity (Wildman–Crippen MR) is 118 cm³/mol. The second kappa shape index (κ2) is 8.71. The van der Waals surface area contributed by atoms with E-state index >= 15 is 0 Å². The Balaban J connectivity index is 1.45. The first-order chi connectivity index (χ1) is 14.2. The molecule has 0 saturated heterocycles. The van der Waals surface area contributed by atoms with Gasteiger partial charge in [-0.1, -0.05) is 55.5 Å². The van der Waals surface area contributed by atoms with Crippen LogP contribution < -0.4 is 10.1 Å². The second-order valence-corrected chi connectivity index (χ2v) is 7.34. The highest BCUT2D eigenvalue weighted by atomic mass is 32.1. The lowest BCUT2D eigenvalue weighted by atomic mass is 10.1. The lowest BCUT2D eigenvalue weighted by Crippen LogP contribution is -2.11. The van der Waals surface area contributed by atoms with E-state index in [1.807, 2.05) is 41.8 Å². The summed E-state index contributed by atoms with van der Waals surface area (Å²) < 4.78 is 5.81. The molecule has 0 radical (unpaired) electrons. The van der Waals surface area contributed by atoms with E-state index in [4.69, 9.17) is 4.74 Å². The summed E-state index contributed by atoms with van der Waals surface area (Å²) in [6.45, 7) is 2.13. The van der Waals surface area contributed by atoms with Crippen molar-refractivity contribution in [3.05, 3.63) is 95.4 Å². The number of anilines is 1. The minimum absolute atomic E-state index is 0.217. The molecule has 1 amide bonds. The molecule has 0 fully saturated rings. The van der Waals surface area contributed by atoms with Gasteiger partial charge in [0.05, 0.1) is 5.69 Å². The standard InChI is InChI=1S/C24H20N2O2S/c1-2-17-11-13-18(14-12-17)22-16-29-24(25-22)26-23(27)19-7-6-10-21(15-19)28-20-8-4-3-5-9-20/h3-16H,2H2,1H3,(H,25,26,27). The Hall–Kier alpha value is -3.44. The first-order valence-electron chi connectivity index (χ1n) is 9.40. The topological polar surface area (TPSA) is 51.2 Å². The summed E-state index contributed by atoms with van der Waals surface area (Å²) in [6, 6.07) is 24.9. The second-order valence-electron chi connectivity index (χ2n) is 6.49. The zero-order chi connectivity index (χ0) is 20.1. The fraction of sp³-hybridized carbons (Fsp3) is 0.0833. The van der Waals surface area contributed by atoms with Crippen LogP contribution in [0.1, 0.15) is 22.8 Å². The molecule has 0 aliphatic heterocycles. The molecule has 1 N–H and O–H groups in total. The van der Waals surface area contributed by atoms with Crippen LogP contribution in [0, 0.1) is 0 Å². The highest BCUT2D eigenvalue weighted by Crippen LogP contribution is 2.26. The molecule has 29 heavy (non-hydrogen) atoms. The molecule has 0 unspecified atom stereocenters. The average Bonchev–Trinajstić information content (AvgIpc) is 3.23. The van der Waals surface area contributed by atoms with Gasteiger partial charge >= 0.3 is 0 Å². The van der Waals surface area contributed by atoms with E-state index in [1.165, 1.54) is 16.9 Å². The van der Waals surface area contributed by atoms with Crippen molar-refractivity contribution in [1.82, 2.24) is 4.98 Å². The molecule has 0 aliphatic carbocycles. The monoisotopic (exact) mass is 400 g/mol. The lowest BCUT2D eigenvalue weighted by Gasteiger charge is -2.07. The summed E-state index contributed by atoms with van der Waals surface area (Å²) in [5.74, 6) is 1.12. The zero-order valence-corrected chi connectivity index (χ0v) is 16.8. The van der Waals surface area contributed by atoms with Crippen molar-refractivity contribution in [2.45, 2.75) is 13.3 Å². The normalized spacial score (nSPS) is 10.5. The van der Waals surface area contributed by atoms with Gasteiger partial charge in [0.25, 0.3) is 5.91 Å². The summed E-state index contributed by atoms with van der Waals surface area (Å²) in [5, 5.41) is 5.39. The van der Waals surface area contributed by atoms with Crippen molar-refractivity contribution in [1.29, 1.82) is 0 Å². The van der Waals surface area contributed by atoms with E-state index in [2.05, 4.69) is 41.5 Å². The number of para-hydroxylation sites is 1. The number of hydrogen-bond acceptors (Lipinski definition) is 4. The number of benzene rings is 3. The number of amides is 1. The van der Waals surface area contributed by atoms with E-state index in [9.17, 15) is 4.79 Å². The van der Waals surface area contributed by atoms with Crippen molar-refractivity contribution in [3.8, 4) is 22.8 Å². The summed E-state index contributed by atoms with van der Waals surface area (Å²) in [5.41, 5.74) is 3.70. The van der Waals surface area contributed by atoms with Crippen molar-refractivity contribution >= 4 is 22.4 Å². The van der Waals surface area contributed by atoms with Crippen LogP contribution in [0.5, 0.6) is 11.5 Å². The smallest absolute Gasteiger partial charge is 0.257 e. The van der Waals surface area contributed by atoms with Crippen LogP contribution in [-0.4, -0.2) is 10.9 Å². The van der Waals surface area contributed by atoms with Gasteiger partial charge in [-0.05, 0) is 42.3 Å². The maximum Gasteiger partial charge on any atom is 0.257 e. The summed E-state index contributed by atoms with van der Waals surface area (Å²) in [4.78, 5) is 17.2. The molecular formula is C24H20N2O2S. The van der Waals surface area contributed by atoms with Crippen molar-refractivity contribution in [2.75, 3.05) is 5.32 Å². The first-order valence-corrected chi connectivity index (χ1v) is 10.3. The molecule has 4 nitrogen and oxygen atoms in total. The third-order valence-corrected chi connectivity index (χ3v) is 5.22. The van der Waals surface area contributed by atoms with Gasteiger partial charge < -0.3 is 4.74 Å². The molecule has 144 valence electrons. The predicted octanol–water partition coefficient (Wildman–Crippen LogP) is 6.42. The fourth-order valence-electron chi connectivity index (χ4n) is 2.87. The number of nitrogens with one attached hydrogen (secondary N) is 1. The van der Waals surface area contributed by atoms with E-state index in [1.54, 1.807) is 18.2 Å². The third kappa shape index (κ3) is 4.70. The van der Waals surface area contributed by atoms with Gasteiger partial charge in [-0.15, -0.1) is 11.3 Å². The average molecular weight is 401 g/mol. The van der Waals surface area contributed by atoms with Crippen LogP contribution in [-0.2, 0) is 6.42 Å². The molecule has 0 saturated carbocycles. The van der Waals surface area contributed by atoms with Crippen LogP contribution in [0.2, 0.25) is 0 Å². The lowest BCUT2D eigenvalue weighted by molar-refractivity contribution is 0.102. The SMILES string of the molecule is CCc1ccc(-c2csc(NC(=O)c3cccc(Oc4ccccc4)c3)n2)cc1. The molecule has 4 rings (SSSR count). The molecule has 4 aromatic rings. The van der Waals surface area contributed by atoms with Crippen LogP contribution in [0.15, 0.2) is 84.2 Å². The fourth-order valence-corrected chi connectivity index (χ4v) is 3.58. The van der Waals surface area contributed by atoms with E-state index < -0.39 is 0 Å². The molecule has 0 aliphatic rings. The molecular weight excluding hydrogens is 380 g/mol. The number of aromatic nitrogens is 1. The molecule has 0 atom stereocenters. The number of aryl methyl sites for hydroxylation is 1. The Morgan fingerprint density at radius 3 is 2.48 bits per heavy atom. The van der Waals surface area contributed by atoms with Crippen molar-refractivity contribution < 1.29 is 9.53 Å². The summed E-state index contributed by atoms with van der Waals surface area (Å²) >= 11 is 1.41. The van der Waals surface area contributed by atoms with Crippen LogP contribution in [0.3, 0.4) is 0 Å². The maximum absolute atomic E-state index is 12.6. The van der Waals surface area contributed by atoms with Gasteiger partial charge in [0.2, 0.25) is 0 Å². The van der Waals surface area contributed by atoms with Crippen LogP contribution in [0.25, 0.3) is 11.3 Å². The minimum Gasteiger partial charge on any atom is -0.457 e. The van der Waals surface area contributed by atoms with Crippen LogP contribution >= 0.6 is 11.3 Å². The molecule has 1 heterocycles. The highest BCUT2D eigenvalue weighted by molar-refractivity contribution is 7.14. The maximum atomic E-state index is 12.6. The minimum atomic E-state index is -0.217. The van der Waals surface area contributed by atoms with E-state index in [0.717, 1.165) is 23.4 Å². The summed E-state index contributed by atoms with van der Waals surface area (Å²) in [6.07, 6.45) is 1.01. The number of ether oxygens (including phenoxy) is 1. The van der Waals surface area contributed by atoms with E-state index in [0.29, 0.717) is 16.4 Å². The van der Waals surface area contributed by atoms with Gasteiger partial charge in [-0.3, -0.25) is 10.1 Å². The van der Waals surface area contributed by atoms with Gasteiger partial charge in [0.1, 0.15) is 11.5 Å². The van der Waals surface area contributed by atoms with Crippen molar-refractivity contribution in [2.24, 2.45) is 0 Å². The number of carbonyl (C=O) groups excluding carboxylic acids is 1. The number of thiazole rings is 1. The van der Waals surface area contributed by atoms with Crippen molar-refractivity contribution in [3.63, 3.8) is 0 Å². The van der Waals surface area contributed by atoms with Gasteiger partial charge in [-0.25, -0.2) is 4.98 Å². The first kappa shape index (κ1) is 18.9. The Bertz CT molecular complexity index is 1110. The molecule has 1 aromatic heterocycles. The van der Waals surface area contributed by atoms with Crippen LogP contribution in [0.4, 0.5) is 5.13 Å². The number of nitrogens with zero attached hydrogens (tertiary/aromatic N) is 1. The van der Waals surface area contributed by atoms with E-state index in [-0.39, 0.29) is 5.91 Å². The Kier molecular flexibility index (Phi) is 5.68. The molecule has 3 aromatic carbocycles. The molecule has 0 bridgehead atoms. The van der Waals surface area contributed by atoms with Gasteiger partial charge in [0.15, 0.2) is 5.13 Å². The van der Waals surface area contributed by atoms with Gasteiger partial charge in [0, 0.05) is 16.5 Å². The molecule has 0 spiro atoms. The number of hydrogen-bond donors (Lipinski definition) is 1. The Labute approximate surface area is 173 Å². The quantitative estimate of drug-likeness (QED) is 0.406. The summed E-state index contributed by atoms with van der Waals surface area (Å²) in [7, 11) is 0. The highest BCUT2D eigenvalue weighted by Gasteiger charge is 2.11. The number of carbonyl (C=O) groups is 1. The Morgan fingerprint density at radius 1 is 0.966 bits per heavy atom. The largest absolute Gasteiger partial charge is 0.457 e. The molecule has 5 heteroatoms. The zero-order valence-electron chi connectivity index (χ0n) is 16.0. The Morgan fingerprint density at radius 2 is 1.72 bits per heavy atom.